The number of amides is 1. The number of fused-ring (bicyclic) bond motifs is 1. The van der Waals surface area contributed by atoms with Crippen molar-refractivity contribution in [3.63, 3.8) is 0 Å². The molecule has 0 spiro atoms. The number of carboxylic acids is 1. The van der Waals surface area contributed by atoms with Gasteiger partial charge in [0, 0.05) is 11.9 Å². The Labute approximate surface area is 136 Å². The van der Waals surface area contributed by atoms with Gasteiger partial charge in [-0.1, -0.05) is 30.3 Å². The van der Waals surface area contributed by atoms with Crippen molar-refractivity contribution < 1.29 is 19.1 Å². The number of nitrogens with one attached hydrogen (secondary N) is 1. The normalized spacial score (nSPS) is 10.5. The molecule has 1 heterocycles. The fourth-order valence-electron chi connectivity index (χ4n) is 2.31. The van der Waals surface area contributed by atoms with Crippen molar-refractivity contribution in [1.29, 1.82) is 0 Å². The lowest BCUT2D eigenvalue weighted by Crippen LogP contribution is -2.27. The Bertz CT molecular complexity index is 990. The molecule has 0 aliphatic rings. The molecule has 6 nitrogen and oxygen atoms in total. The molecule has 0 bridgehead atoms. The van der Waals surface area contributed by atoms with Gasteiger partial charge in [-0.25, -0.2) is 9.59 Å². The first-order valence-electron chi connectivity index (χ1n) is 7.18. The highest BCUT2D eigenvalue weighted by atomic mass is 16.4. The van der Waals surface area contributed by atoms with Crippen molar-refractivity contribution in [3.8, 4) is 0 Å². The number of carbonyl (C=O) groups is 2. The minimum Gasteiger partial charge on any atom is -0.478 e. The maximum Gasteiger partial charge on any atom is 0.349 e. The number of carbonyl (C=O) groups excluding carboxylic acids is 1. The molecule has 0 fully saturated rings. The Hall–Kier alpha value is -3.41. The highest BCUT2D eigenvalue weighted by Crippen LogP contribution is 2.12. The van der Waals surface area contributed by atoms with Crippen LogP contribution < -0.4 is 10.9 Å². The Morgan fingerprint density at radius 2 is 1.83 bits per heavy atom. The van der Waals surface area contributed by atoms with Crippen molar-refractivity contribution in [2.45, 2.75) is 6.54 Å². The van der Waals surface area contributed by atoms with Crippen molar-refractivity contribution in [3.05, 3.63) is 81.7 Å². The second kappa shape index (κ2) is 6.37. The van der Waals surface area contributed by atoms with E-state index in [1.54, 1.807) is 36.4 Å². The van der Waals surface area contributed by atoms with Crippen LogP contribution in [0.2, 0.25) is 0 Å². The zero-order valence-electron chi connectivity index (χ0n) is 12.5. The summed E-state index contributed by atoms with van der Waals surface area (Å²) in [4.78, 5) is 35.1. The van der Waals surface area contributed by atoms with Gasteiger partial charge in [0.2, 0.25) is 0 Å². The molecular weight excluding hydrogens is 310 g/mol. The second-order valence-electron chi connectivity index (χ2n) is 5.17. The molecule has 120 valence electrons. The summed E-state index contributed by atoms with van der Waals surface area (Å²) >= 11 is 0. The summed E-state index contributed by atoms with van der Waals surface area (Å²) in [6, 6.07) is 14.6. The van der Waals surface area contributed by atoms with Crippen LogP contribution in [0.1, 0.15) is 26.3 Å². The Balaban J connectivity index is 1.80. The van der Waals surface area contributed by atoms with Gasteiger partial charge in [-0.3, -0.25) is 4.79 Å². The Kier molecular flexibility index (Phi) is 4.11. The summed E-state index contributed by atoms with van der Waals surface area (Å²) in [6.07, 6.45) is 0. The molecule has 0 saturated carbocycles. The van der Waals surface area contributed by atoms with Gasteiger partial charge in [0.15, 0.2) is 0 Å². The number of rotatable bonds is 4. The van der Waals surface area contributed by atoms with Crippen LogP contribution >= 0.6 is 0 Å². The third-order valence-electron chi connectivity index (χ3n) is 3.51. The predicted octanol–water partition coefficient (Wildman–Crippen LogP) is 2.42. The summed E-state index contributed by atoms with van der Waals surface area (Å²) in [5.41, 5.74) is 0.349. The first kappa shape index (κ1) is 15.5. The third-order valence-corrected chi connectivity index (χ3v) is 3.51. The van der Waals surface area contributed by atoms with Crippen LogP contribution in [0, 0.1) is 0 Å². The van der Waals surface area contributed by atoms with Crippen LogP contribution in [0.4, 0.5) is 0 Å². The first-order valence-corrected chi connectivity index (χ1v) is 7.18. The SMILES string of the molecule is O=C(O)c1cccc(CNC(=O)c2cc3ccccc3oc2=O)c1. The fraction of sp³-hybridized carbons (Fsp3) is 0.0556. The quantitative estimate of drug-likeness (QED) is 0.719. The van der Waals surface area contributed by atoms with Gasteiger partial charge in [-0.15, -0.1) is 0 Å². The van der Waals surface area contributed by atoms with E-state index >= 15 is 0 Å². The van der Waals surface area contributed by atoms with E-state index in [1.807, 2.05) is 0 Å². The summed E-state index contributed by atoms with van der Waals surface area (Å²) in [5, 5.41) is 12.2. The van der Waals surface area contributed by atoms with E-state index in [4.69, 9.17) is 9.52 Å². The molecule has 0 atom stereocenters. The van der Waals surface area contributed by atoms with E-state index < -0.39 is 17.5 Å². The Morgan fingerprint density at radius 3 is 2.62 bits per heavy atom. The monoisotopic (exact) mass is 323 g/mol. The van der Waals surface area contributed by atoms with Gasteiger partial charge < -0.3 is 14.8 Å². The van der Waals surface area contributed by atoms with Gasteiger partial charge >= 0.3 is 11.6 Å². The number of hydrogen-bond donors (Lipinski definition) is 2. The molecule has 2 aromatic carbocycles. The van der Waals surface area contributed by atoms with Crippen molar-refractivity contribution in [2.24, 2.45) is 0 Å². The number of hydrogen-bond acceptors (Lipinski definition) is 4. The highest BCUT2D eigenvalue weighted by Gasteiger charge is 2.13. The number of para-hydroxylation sites is 1. The molecule has 3 aromatic rings. The fourth-order valence-corrected chi connectivity index (χ4v) is 2.31. The maximum atomic E-state index is 12.2. The van der Waals surface area contributed by atoms with Crippen LogP contribution in [0.3, 0.4) is 0 Å². The molecule has 1 aromatic heterocycles. The number of carboxylic acid groups (broad SMARTS) is 1. The molecule has 0 unspecified atom stereocenters. The maximum absolute atomic E-state index is 12.2. The smallest absolute Gasteiger partial charge is 0.349 e. The van der Waals surface area contributed by atoms with E-state index in [0.29, 0.717) is 16.5 Å². The topological polar surface area (TPSA) is 96.6 Å². The van der Waals surface area contributed by atoms with E-state index in [1.165, 1.54) is 18.2 Å². The summed E-state index contributed by atoms with van der Waals surface area (Å²) in [6.45, 7) is 0.103. The van der Waals surface area contributed by atoms with Crippen LogP contribution in [0.25, 0.3) is 11.0 Å². The largest absolute Gasteiger partial charge is 0.478 e. The standard InChI is InChI=1S/C18H13NO5/c20-16(19-10-11-4-3-6-13(8-11)17(21)22)14-9-12-5-1-2-7-15(12)24-18(14)23/h1-9H,10H2,(H,19,20)(H,21,22). The third kappa shape index (κ3) is 3.17. The van der Waals surface area contributed by atoms with Gasteiger partial charge in [0.1, 0.15) is 11.1 Å². The molecular formula is C18H13NO5. The molecule has 2 N–H and O–H groups in total. The average molecular weight is 323 g/mol. The molecule has 0 aliphatic heterocycles. The molecule has 0 aliphatic carbocycles. The average Bonchev–Trinajstić information content (AvgIpc) is 2.59. The minimum absolute atomic E-state index is 0.0944. The van der Waals surface area contributed by atoms with E-state index in [2.05, 4.69) is 5.32 Å². The molecule has 24 heavy (non-hydrogen) atoms. The van der Waals surface area contributed by atoms with Crippen molar-refractivity contribution in [1.82, 2.24) is 5.32 Å². The second-order valence-corrected chi connectivity index (χ2v) is 5.17. The molecule has 0 saturated heterocycles. The van der Waals surface area contributed by atoms with Crippen LogP contribution in [0.15, 0.2) is 63.8 Å². The van der Waals surface area contributed by atoms with E-state index in [-0.39, 0.29) is 17.7 Å². The number of aromatic carboxylic acids is 1. The zero-order valence-corrected chi connectivity index (χ0v) is 12.5. The van der Waals surface area contributed by atoms with Gasteiger partial charge in [-0.2, -0.15) is 0 Å². The highest BCUT2D eigenvalue weighted by molar-refractivity contribution is 5.96. The summed E-state index contributed by atoms with van der Waals surface area (Å²) < 4.78 is 5.12. The lowest BCUT2D eigenvalue weighted by Gasteiger charge is -2.06. The molecule has 1 amide bonds. The lowest BCUT2D eigenvalue weighted by molar-refractivity contribution is 0.0696. The van der Waals surface area contributed by atoms with Crippen molar-refractivity contribution >= 4 is 22.8 Å². The molecule has 0 radical (unpaired) electrons. The lowest BCUT2D eigenvalue weighted by atomic mass is 10.1. The van der Waals surface area contributed by atoms with Crippen LogP contribution in [-0.2, 0) is 6.54 Å². The summed E-state index contributed by atoms with van der Waals surface area (Å²) in [7, 11) is 0. The minimum atomic E-state index is -1.04. The van der Waals surface area contributed by atoms with Crippen molar-refractivity contribution in [2.75, 3.05) is 0 Å². The first-order chi connectivity index (χ1) is 11.5. The molecule has 3 rings (SSSR count). The summed E-state index contributed by atoms with van der Waals surface area (Å²) in [5.74, 6) is -1.62. The van der Waals surface area contributed by atoms with Gasteiger partial charge in [0.25, 0.3) is 5.91 Å². The predicted molar refractivity (Wildman–Crippen MR) is 87.1 cm³/mol. The van der Waals surface area contributed by atoms with Crippen LogP contribution in [-0.4, -0.2) is 17.0 Å². The molecule has 6 heteroatoms. The van der Waals surface area contributed by atoms with Gasteiger partial charge in [0.05, 0.1) is 5.56 Å². The zero-order chi connectivity index (χ0) is 17.1. The van der Waals surface area contributed by atoms with Crippen LogP contribution in [0.5, 0.6) is 0 Å². The Morgan fingerprint density at radius 1 is 1.04 bits per heavy atom. The van der Waals surface area contributed by atoms with E-state index in [0.717, 1.165) is 0 Å². The van der Waals surface area contributed by atoms with E-state index in [9.17, 15) is 14.4 Å². The number of benzene rings is 2. The van der Waals surface area contributed by atoms with Gasteiger partial charge in [-0.05, 0) is 29.8 Å².